The summed E-state index contributed by atoms with van der Waals surface area (Å²) in [6, 6.07) is 7.96. The van der Waals surface area contributed by atoms with Crippen LogP contribution < -0.4 is 10.1 Å². The molecule has 0 aromatic heterocycles. The van der Waals surface area contributed by atoms with Gasteiger partial charge in [-0.1, -0.05) is 32.4 Å². The van der Waals surface area contributed by atoms with E-state index in [1.54, 1.807) is 0 Å². The fraction of sp³-hybridized carbons (Fsp3) is 0.632. The summed E-state index contributed by atoms with van der Waals surface area (Å²) in [4.78, 5) is 14.3. The topological polar surface area (TPSA) is 41.6 Å². The molecule has 0 saturated carbocycles. The lowest BCUT2D eigenvalue weighted by atomic mass is 10.0. The Morgan fingerprint density at radius 2 is 1.87 bits per heavy atom. The smallest absolute Gasteiger partial charge is 0.257 e. The lowest BCUT2D eigenvalue weighted by Crippen LogP contribution is -2.34. The van der Waals surface area contributed by atoms with Crippen LogP contribution in [0.3, 0.4) is 0 Å². The number of hydrogen-bond donors (Lipinski definition) is 1. The Labute approximate surface area is 140 Å². The Hall–Kier alpha value is -1.55. The van der Waals surface area contributed by atoms with Crippen LogP contribution in [-0.4, -0.2) is 43.6 Å². The van der Waals surface area contributed by atoms with E-state index in [1.165, 1.54) is 37.9 Å². The molecule has 4 heteroatoms. The molecule has 1 fully saturated rings. The number of carbonyl (C=O) groups excluding carboxylic acids is 1. The van der Waals surface area contributed by atoms with Crippen molar-refractivity contribution in [1.82, 2.24) is 10.2 Å². The summed E-state index contributed by atoms with van der Waals surface area (Å²) >= 11 is 0. The third kappa shape index (κ3) is 6.61. The van der Waals surface area contributed by atoms with E-state index in [4.69, 9.17) is 4.74 Å². The molecule has 0 radical (unpaired) electrons. The van der Waals surface area contributed by atoms with Crippen molar-refractivity contribution in [2.24, 2.45) is 0 Å². The molecular weight excluding hydrogens is 288 g/mol. The summed E-state index contributed by atoms with van der Waals surface area (Å²) in [5.74, 6) is 1.21. The largest absolute Gasteiger partial charge is 0.484 e. The van der Waals surface area contributed by atoms with E-state index >= 15 is 0 Å². The van der Waals surface area contributed by atoms with Crippen molar-refractivity contribution in [2.75, 3.05) is 32.8 Å². The lowest BCUT2D eigenvalue weighted by molar-refractivity contribution is -0.123. The normalized spacial score (nSPS) is 15.6. The number of likely N-dealkylation sites (tertiary alicyclic amines) is 1. The third-order valence-electron chi connectivity index (χ3n) is 4.34. The summed E-state index contributed by atoms with van der Waals surface area (Å²) < 4.78 is 5.53. The minimum Gasteiger partial charge on any atom is -0.484 e. The maximum Gasteiger partial charge on any atom is 0.257 e. The third-order valence-corrected chi connectivity index (χ3v) is 4.34. The van der Waals surface area contributed by atoms with Crippen LogP contribution in [0.1, 0.15) is 51.0 Å². The molecule has 1 N–H and O–H groups in total. The average Bonchev–Trinajstić information content (AvgIpc) is 2.58. The van der Waals surface area contributed by atoms with Crippen molar-refractivity contribution in [3.63, 3.8) is 0 Å². The molecule has 0 bridgehead atoms. The first kappa shape index (κ1) is 17.8. The molecule has 1 amide bonds. The number of rotatable bonds is 8. The van der Waals surface area contributed by atoms with Gasteiger partial charge in [0.25, 0.3) is 5.91 Å². The van der Waals surface area contributed by atoms with Gasteiger partial charge in [-0.05, 0) is 62.5 Å². The van der Waals surface area contributed by atoms with Crippen LogP contribution in [0.4, 0.5) is 0 Å². The second kappa shape index (κ2) is 9.56. The molecule has 0 unspecified atom stereocenters. The van der Waals surface area contributed by atoms with Crippen LogP contribution in [0, 0.1) is 0 Å². The first-order chi connectivity index (χ1) is 11.1. The Morgan fingerprint density at radius 1 is 1.17 bits per heavy atom. The molecule has 1 aliphatic rings. The van der Waals surface area contributed by atoms with Gasteiger partial charge in [-0.15, -0.1) is 0 Å². The summed E-state index contributed by atoms with van der Waals surface area (Å²) in [7, 11) is 0. The molecule has 4 nitrogen and oxygen atoms in total. The number of nitrogens with one attached hydrogen (secondary N) is 1. The average molecular weight is 318 g/mol. The second-order valence-electron chi connectivity index (χ2n) is 6.62. The number of benzene rings is 1. The molecule has 1 aromatic carbocycles. The minimum atomic E-state index is -0.0448. The number of hydrogen-bond acceptors (Lipinski definition) is 3. The Bertz CT molecular complexity index is 465. The summed E-state index contributed by atoms with van der Waals surface area (Å²) in [5, 5.41) is 2.93. The number of carbonyl (C=O) groups is 1. The minimum absolute atomic E-state index is 0.0448. The number of piperidine rings is 1. The van der Waals surface area contributed by atoms with Crippen LogP contribution in [0.15, 0.2) is 24.3 Å². The van der Waals surface area contributed by atoms with Gasteiger partial charge < -0.3 is 15.0 Å². The van der Waals surface area contributed by atoms with Gasteiger partial charge in [-0.2, -0.15) is 0 Å². The molecule has 0 atom stereocenters. The highest BCUT2D eigenvalue weighted by atomic mass is 16.5. The Morgan fingerprint density at radius 3 is 2.52 bits per heavy atom. The standard InChI is InChI=1S/C19H30N2O2/c1-16(2)17-7-9-18(10-8-17)23-15-19(22)20-11-6-14-21-12-4-3-5-13-21/h7-10,16H,3-6,11-15H2,1-2H3,(H,20,22). The molecule has 1 aromatic rings. The maximum absolute atomic E-state index is 11.8. The van der Waals surface area contributed by atoms with Gasteiger partial charge in [0.1, 0.15) is 5.75 Å². The Kier molecular flexibility index (Phi) is 7.40. The SMILES string of the molecule is CC(C)c1ccc(OCC(=O)NCCCN2CCCCC2)cc1. The van der Waals surface area contributed by atoms with Crippen molar-refractivity contribution in [2.45, 2.75) is 45.4 Å². The molecule has 0 spiro atoms. The molecule has 128 valence electrons. The van der Waals surface area contributed by atoms with Crippen LogP contribution in [0.5, 0.6) is 5.75 Å². The van der Waals surface area contributed by atoms with Gasteiger partial charge in [0, 0.05) is 6.54 Å². The molecule has 1 heterocycles. The number of amides is 1. The van der Waals surface area contributed by atoms with Gasteiger partial charge >= 0.3 is 0 Å². The summed E-state index contributed by atoms with van der Waals surface area (Å²) in [5.41, 5.74) is 1.28. The molecular formula is C19H30N2O2. The fourth-order valence-corrected chi connectivity index (χ4v) is 2.86. The zero-order chi connectivity index (χ0) is 16.5. The monoisotopic (exact) mass is 318 g/mol. The van der Waals surface area contributed by atoms with Crippen molar-refractivity contribution in [3.05, 3.63) is 29.8 Å². The molecule has 1 saturated heterocycles. The van der Waals surface area contributed by atoms with Gasteiger partial charge in [0.05, 0.1) is 0 Å². The molecule has 0 aliphatic carbocycles. The summed E-state index contributed by atoms with van der Waals surface area (Å²) in [6.07, 6.45) is 5.00. The highest BCUT2D eigenvalue weighted by Gasteiger charge is 2.09. The van der Waals surface area contributed by atoms with Gasteiger partial charge in [0.2, 0.25) is 0 Å². The predicted molar refractivity (Wildman–Crippen MR) is 93.9 cm³/mol. The molecule has 1 aliphatic heterocycles. The quantitative estimate of drug-likeness (QED) is 0.749. The predicted octanol–water partition coefficient (Wildman–Crippen LogP) is 3.18. The first-order valence-corrected chi connectivity index (χ1v) is 8.87. The van der Waals surface area contributed by atoms with E-state index in [1.807, 2.05) is 12.1 Å². The van der Waals surface area contributed by atoms with E-state index in [0.29, 0.717) is 5.92 Å². The highest BCUT2D eigenvalue weighted by molar-refractivity contribution is 5.77. The van der Waals surface area contributed by atoms with Crippen LogP contribution in [-0.2, 0) is 4.79 Å². The fourth-order valence-electron chi connectivity index (χ4n) is 2.86. The molecule has 2 rings (SSSR count). The number of nitrogens with zero attached hydrogens (tertiary/aromatic N) is 1. The van der Waals surface area contributed by atoms with E-state index in [9.17, 15) is 4.79 Å². The highest BCUT2D eigenvalue weighted by Crippen LogP contribution is 2.18. The number of ether oxygens (including phenoxy) is 1. The van der Waals surface area contributed by atoms with Gasteiger partial charge in [0.15, 0.2) is 6.61 Å². The lowest BCUT2D eigenvalue weighted by Gasteiger charge is -2.26. The molecule has 23 heavy (non-hydrogen) atoms. The zero-order valence-corrected chi connectivity index (χ0v) is 14.5. The van der Waals surface area contributed by atoms with E-state index in [2.05, 4.69) is 36.2 Å². The zero-order valence-electron chi connectivity index (χ0n) is 14.5. The maximum atomic E-state index is 11.8. The Balaban J connectivity index is 1.57. The van der Waals surface area contributed by atoms with Crippen LogP contribution in [0.2, 0.25) is 0 Å². The van der Waals surface area contributed by atoms with Crippen LogP contribution in [0.25, 0.3) is 0 Å². The van der Waals surface area contributed by atoms with Crippen molar-refractivity contribution >= 4 is 5.91 Å². The van der Waals surface area contributed by atoms with E-state index < -0.39 is 0 Å². The van der Waals surface area contributed by atoms with E-state index in [0.717, 1.165) is 25.3 Å². The van der Waals surface area contributed by atoms with Crippen molar-refractivity contribution < 1.29 is 9.53 Å². The van der Waals surface area contributed by atoms with Crippen molar-refractivity contribution in [3.8, 4) is 5.75 Å². The van der Waals surface area contributed by atoms with Gasteiger partial charge in [-0.3, -0.25) is 4.79 Å². The second-order valence-corrected chi connectivity index (χ2v) is 6.62. The summed E-state index contributed by atoms with van der Waals surface area (Å²) in [6.45, 7) is 8.64. The van der Waals surface area contributed by atoms with E-state index in [-0.39, 0.29) is 12.5 Å². The van der Waals surface area contributed by atoms with Crippen molar-refractivity contribution in [1.29, 1.82) is 0 Å². The first-order valence-electron chi connectivity index (χ1n) is 8.87. The van der Waals surface area contributed by atoms with Crippen LogP contribution >= 0.6 is 0 Å². The van der Waals surface area contributed by atoms with Gasteiger partial charge in [-0.25, -0.2) is 0 Å².